The molecule has 176 valence electrons. The lowest BCUT2D eigenvalue weighted by molar-refractivity contribution is 0.0510. The van der Waals surface area contributed by atoms with Gasteiger partial charge < -0.3 is 24.8 Å². The number of amides is 2. The molecule has 2 aromatic rings. The maximum Gasteiger partial charge on any atom is 0.339 e. The summed E-state index contributed by atoms with van der Waals surface area (Å²) in [6.07, 6.45) is 2.95. The average molecular weight is 501 g/mol. The zero-order valence-electron chi connectivity index (χ0n) is 18.2. The second-order valence-electron chi connectivity index (χ2n) is 6.82. The minimum atomic E-state index is -0.589. The van der Waals surface area contributed by atoms with E-state index in [2.05, 4.69) is 15.6 Å². The van der Waals surface area contributed by atoms with Crippen LogP contribution in [-0.4, -0.2) is 48.9 Å². The van der Waals surface area contributed by atoms with E-state index in [0.717, 1.165) is 0 Å². The van der Waals surface area contributed by atoms with Gasteiger partial charge >= 0.3 is 12.0 Å². The van der Waals surface area contributed by atoms with Crippen LogP contribution in [0.25, 0.3) is 16.3 Å². The summed E-state index contributed by atoms with van der Waals surface area (Å²) in [5, 5.41) is 7.05. The van der Waals surface area contributed by atoms with Crippen molar-refractivity contribution >= 4 is 38.4 Å². The molecule has 10 nitrogen and oxygen atoms in total. The number of urea groups is 1. The number of carbonyl (C=O) groups excluding carboxylic acids is 2. The summed E-state index contributed by atoms with van der Waals surface area (Å²) < 4.78 is 17.3. The summed E-state index contributed by atoms with van der Waals surface area (Å²) in [4.78, 5) is 42.1. The van der Waals surface area contributed by atoms with Gasteiger partial charge in [-0.2, -0.15) is 0 Å². The molecule has 1 aromatic heterocycles. The van der Waals surface area contributed by atoms with Gasteiger partial charge in [-0.05, 0) is 24.3 Å². The summed E-state index contributed by atoms with van der Waals surface area (Å²) in [5.74, 6) is 0.506. The van der Waals surface area contributed by atoms with Crippen molar-refractivity contribution in [2.75, 3.05) is 32.7 Å². The number of fused-ring (bicyclic) bond motifs is 1. The Bertz CT molecular complexity index is 1330. The third kappa shape index (κ3) is 4.72. The van der Waals surface area contributed by atoms with Gasteiger partial charge in [0.25, 0.3) is 5.56 Å². The number of carbonyl (C=O) groups is 2. The number of rotatable bonds is 8. The van der Waals surface area contributed by atoms with E-state index in [-0.39, 0.29) is 18.8 Å². The lowest BCUT2D eigenvalue weighted by atomic mass is 10.2. The van der Waals surface area contributed by atoms with Gasteiger partial charge in [-0.25, -0.2) is 9.59 Å². The molecule has 3 heterocycles. The van der Waals surface area contributed by atoms with Crippen molar-refractivity contribution in [2.45, 2.75) is 0 Å². The second kappa shape index (κ2) is 10.4. The molecule has 2 amide bonds. The highest BCUT2D eigenvalue weighted by molar-refractivity contribution is 7.70. The van der Waals surface area contributed by atoms with Gasteiger partial charge in [0.1, 0.15) is 23.8 Å². The van der Waals surface area contributed by atoms with Gasteiger partial charge in [0.2, 0.25) is 0 Å². The predicted octanol–water partition coefficient (Wildman–Crippen LogP) is 3.46. The minimum Gasteiger partial charge on any atom is -0.497 e. The quantitative estimate of drug-likeness (QED) is 0.216. The standard InChI is InChI=1S/C22H20N4O6S2/c1-30-14-5-6-15(17(10-14)31-2)26-16-12-33-34-19(16)18(20(26)27)25-22(29)24-8-9-32-21(28)13-4-3-7-23-11-13/h3-7,10-12H,8-9H2,1-2H3,(H2,24,25,29). The monoisotopic (exact) mass is 500 g/mol. The van der Waals surface area contributed by atoms with E-state index in [1.165, 1.54) is 38.6 Å². The summed E-state index contributed by atoms with van der Waals surface area (Å²) >= 11 is 0. The van der Waals surface area contributed by atoms with Gasteiger partial charge in [-0.3, -0.25) is 14.3 Å². The zero-order valence-corrected chi connectivity index (χ0v) is 19.8. The molecule has 2 aliphatic heterocycles. The van der Waals surface area contributed by atoms with Crippen molar-refractivity contribution in [3.63, 3.8) is 0 Å². The Morgan fingerprint density at radius 1 is 1.18 bits per heavy atom. The minimum absolute atomic E-state index is 0.0358. The summed E-state index contributed by atoms with van der Waals surface area (Å²) in [7, 11) is 5.87. The summed E-state index contributed by atoms with van der Waals surface area (Å²) in [6.45, 7) is 0.0289. The predicted molar refractivity (Wildman–Crippen MR) is 129 cm³/mol. The van der Waals surface area contributed by atoms with Gasteiger partial charge in [-0.1, -0.05) is 20.7 Å². The normalized spacial score (nSPS) is 10.6. The molecule has 0 bridgehead atoms. The van der Waals surface area contributed by atoms with Crippen molar-refractivity contribution in [1.29, 1.82) is 0 Å². The molecule has 0 spiro atoms. The number of ether oxygens (including phenoxy) is 3. The zero-order chi connectivity index (χ0) is 24.1. The van der Waals surface area contributed by atoms with E-state index in [4.69, 9.17) is 14.2 Å². The number of benzene rings is 1. The highest BCUT2D eigenvalue weighted by atomic mass is 32.9. The van der Waals surface area contributed by atoms with Crippen LogP contribution < -0.4 is 25.7 Å². The number of anilines is 1. The molecular weight excluding hydrogens is 480 g/mol. The fourth-order valence-corrected chi connectivity index (χ4v) is 5.41. The SMILES string of the molecule is COc1ccc(-n2c3cssc-3c(NC(=O)NCCOC(=O)c3cccnc3)c2=O)c(OC)c1. The first-order valence-electron chi connectivity index (χ1n) is 10.00. The lowest BCUT2D eigenvalue weighted by Crippen LogP contribution is -2.33. The van der Waals surface area contributed by atoms with Crippen molar-refractivity contribution in [1.82, 2.24) is 14.9 Å². The highest BCUT2D eigenvalue weighted by Gasteiger charge is 2.26. The number of nitrogens with one attached hydrogen (secondary N) is 2. The van der Waals surface area contributed by atoms with E-state index >= 15 is 0 Å². The lowest BCUT2D eigenvalue weighted by Gasteiger charge is -2.11. The van der Waals surface area contributed by atoms with Crippen LogP contribution in [0.2, 0.25) is 0 Å². The maximum absolute atomic E-state index is 13.3. The molecule has 0 saturated carbocycles. The molecule has 0 radical (unpaired) electrons. The Labute approximate surface area is 201 Å². The Kier molecular flexibility index (Phi) is 7.09. The van der Waals surface area contributed by atoms with Crippen LogP contribution >= 0.6 is 20.7 Å². The van der Waals surface area contributed by atoms with Crippen LogP contribution in [0.15, 0.2) is 52.9 Å². The fraction of sp³-hybridized carbons (Fsp3) is 0.182. The number of esters is 1. The third-order valence-electron chi connectivity index (χ3n) is 4.79. The Morgan fingerprint density at radius 3 is 2.76 bits per heavy atom. The molecule has 1 aromatic carbocycles. The second-order valence-corrected chi connectivity index (χ2v) is 8.90. The number of hydrogen-bond acceptors (Lipinski definition) is 9. The first-order valence-corrected chi connectivity index (χ1v) is 12.2. The average Bonchev–Trinajstić information content (AvgIpc) is 3.43. The van der Waals surface area contributed by atoms with Crippen LogP contribution in [0.5, 0.6) is 11.5 Å². The fourth-order valence-electron chi connectivity index (χ4n) is 3.21. The molecule has 0 fully saturated rings. The third-order valence-corrected chi connectivity index (χ3v) is 6.87. The smallest absolute Gasteiger partial charge is 0.339 e. The Morgan fingerprint density at radius 2 is 2.03 bits per heavy atom. The number of pyridine rings is 1. The molecule has 0 atom stereocenters. The number of nitrogens with zero attached hydrogens (tertiary/aromatic N) is 2. The van der Waals surface area contributed by atoms with Crippen molar-refractivity contribution in [2.24, 2.45) is 0 Å². The molecule has 2 N–H and O–H groups in total. The highest BCUT2D eigenvalue weighted by Crippen LogP contribution is 2.40. The Hall–Kier alpha value is -3.90. The topological polar surface area (TPSA) is 121 Å². The number of hydrogen-bond donors (Lipinski definition) is 2. The van der Waals surface area contributed by atoms with Gasteiger partial charge in [-0.15, -0.1) is 0 Å². The molecule has 34 heavy (non-hydrogen) atoms. The molecule has 2 aliphatic rings. The summed E-state index contributed by atoms with van der Waals surface area (Å²) in [6, 6.07) is 7.76. The molecular formula is C22H20N4O6S2. The van der Waals surface area contributed by atoms with Crippen LogP contribution in [-0.2, 0) is 4.74 Å². The van der Waals surface area contributed by atoms with Gasteiger partial charge in [0.05, 0.1) is 42.6 Å². The number of methoxy groups -OCH3 is 2. The molecule has 4 rings (SSSR count). The van der Waals surface area contributed by atoms with Crippen LogP contribution in [0.4, 0.5) is 10.5 Å². The molecule has 0 aliphatic carbocycles. The largest absolute Gasteiger partial charge is 0.497 e. The van der Waals surface area contributed by atoms with Crippen molar-refractivity contribution in [3.05, 3.63) is 64.0 Å². The molecule has 0 unspecified atom stereocenters. The van der Waals surface area contributed by atoms with Gasteiger partial charge in [0, 0.05) is 23.8 Å². The van der Waals surface area contributed by atoms with Gasteiger partial charge in [0.15, 0.2) is 0 Å². The first-order chi connectivity index (χ1) is 16.5. The first kappa shape index (κ1) is 23.3. The van der Waals surface area contributed by atoms with E-state index < -0.39 is 17.6 Å². The van der Waals surface area contributed by atoms with Crippen LogP contribution in [0.1, 0.15) is 10.4 Å². The van der Waals surface area contributed by atoms with Crippen LogP contribution in [0, 0.1) is 0 Å². The molecule has 0 saturated heterocycles. The van der Waals surface area contributed by atoms with Crippen molar-refractivity contribution in [3.8, 4) is 27.8 Å². The Balaban J connectivity index is 1.46. The number of aromatic nitrogens is 2. The molecule has 12 heteroatoms. The van der Waals surface area contributed by atoms with E-state index in [0.29, 0.717) is 33.3 Å². The summed E-state index contributed by atoms with van der Waals surface area (Å²) in [5.41, 5.74) is 1.27. The van der Waals surface area contributed by atoms with E-state index in [9.17, 15) is 14.4 Å². The van der Waals surface area contributed by atoms with Crippen LogP contribution in [0.3, 0.4) is 0 Å². The van der Waals surface area contributed by atoms with Crippen molar-refractivity contribution < 1.29 is 23.8 Å². The van der Waals surface area contributed by atoms with E-state index in [1.807, 2.05) is 5.38 Å². The maximum atomic E-state index is 13.3. The van der Waals surface area contributed by atoms with E-state index in [1.54, 1.807) is 43.6 Å².